The normalized spacial score (nSPS) is 19.6. The summed E-state index contributed by atoms with van der Waals surface area (Å²) in [5, 5.41) is 9.22. The lowest BCUT2D eigenvalue weighted by Crippen LogP contribution is -2.37. The monoisotopic (exact) mass is 234 g/mol. The fraction of sp³-hybridized carbons (Fsp3) is 0.462. The highest BCUT2D eigenvalue weighted by atomic mass is 16.3. The number of nitrogens with two attached hydrogens (primary N) is 1. The van der Waals surface area contributed by atoms with Crippen molar-refractivity contribution in [2.75, 3.05) is 18.9 Å². The van der Waals surface area contributed by atoms with Crippen molar-refractivity contribution in [2.45, 2.75) is 25.8 Å². The molecule has 0 spiro atoms. The van der Waals surface area contributed by atoms with Crippen LogP contribution in [0.2, 0.25) is 0 Å². The van der Waals surface area contributed by atoms with Crippen LogP contribution in [0.15, 0.2) is 18.2 Å². The van der Waals surface area contributed by atoms with Crippen LogP contribution < -0.4 is 5.73 Å². The maximum Gasteiger partial charge on any atom is 0.254 e. The minimum absolute atomic E-state index is 0.00958. The van der Waals surface area contributed by atoms with E-state index in [0.29, 0.717) is 11.3 Å². The molecule has 1 aliphatic heterocycles. The van der Waals surface area contributed by atoms with Crippen molar-refractivity contribution in [3.8, 4) is 0 Å². The van der Waals surface area contributed by atoms with Crippen LogP contribution in [0, 0.1) is 6.92 Å². The Kier molecular flexibility index (Phi) is 3.33. The summed E-state index contributed by atoms with van der Waals surface area (Å²) in [6.07, 6.45) is 1.85. The lowest BCUT2D eigenvalue weighted by Gasteiger charge is -2.23. The summed E-state index contributed by atoms with van der Waals surface area (Å²) in [6.45, 7) is 2.66. The quantitative estimate of drug-likeness (QED) is 0.755. The van der Waals surface area contributed by atoms with Crippen LogP contribution in [0.25, 0.3) is 0 Å². The summed E-state index contributed by atoms with van der Waals surface area (Å²) in [6, 6.07) is 5.29. The van der Waals surface area contributed by atoms with Crippen molar-refractivity contribution in [3.63, 3.8) is 0 Å². The molecule has 4 nitrogen and oxygen atoms in total. The van der Waals surface area contributed by atoms with Gasteiger partial charge in [0.1, 0.15) is 0 Å². The Bertz CT molecular complexity index is 431. The number of hydrogen-bond acceptors (Lipinski definition) is 3. The first-order valence-electron chi connectivity index (χ1n) is 5.91. The number of benzene rings is 1. The van der Waals surface area contributed by atoms with Crippen molar-refractivity contribution in [1.29, 1.82) is 0 Å². The predicted molar refractivity (Wildman–Crippen MR) is 66.7 cm³/mol. The summed E-state index contributed by atoms with van der Waals surface area (Å²) in [7, 11) is 0. The van der Waals surface area contributed by atoms with Gasteiger partial charge in [-0.25, -0.2) is 0 Å². The molecule has 1 aromatic rings. The van der Waals surface area contributed by atoms with Crippen LogP contribution in [-0.4, -0.2) is 35.1 Å². The molecule has 92 valence electrons. The molecule has 0 aliphatic carbocycles. The molecular weight excluding hydrogens is 216 g/mol. The van der Waals surface area contributed by atoms with Crippen molar-refractivity contribution >= 4 is 11.6 Å². The average Bonchev–Trinajstić information content (AvgIpc) is 2.80. The minimum atomic E-state index is -0.0274. The van der Waals surface area contributed by atoms with Gasteiger partial charge in [0.25, 0.3) is 5.91 Å². The van der Waals surface area contributed by atoms with Gasteiger partial charge in [0.15, 0.2) is 0 Å². The number of carbonyl (C=O) groups is 1. The first-order valence-corrected chi connectivity index (χ1v) is 5.91. The van der Waals surface area contributed by atoms with Crippen molar-refractivity contribution in [1.82, 2.24) is 4.90 Å². The molecule has 0 aromatic heterocycles. The number of aliphatic hydroxyl groups is 1. The van der Waals surface area contributed by atoms with Gasteiger partial charge in [-0.2, -0.15) is 0 Å². The zero-order valence-corrected chi connectivity index (χ0v) is 10.0. The van der Waals surface area contributed by atoms with E-state index in [4.69, 9.17) is 5.73 Å². The van der Waals surface area contributed by atoms with Crippen LogP contribution in [0.3, 0.4) is 0 Å². The largest absolute Gasteiger partial charge is 0.399 e. The van der Waals surface area contributed by atoms with Crippen LogP contribution in [-0.2, 0) is 0 Å². The Labute approximate surface area is 101 Å². The highest BCUT2D eigenvalue weighted by molar-refractivity contribution is 5.95. The van der Waals surface area contributed by atoms with Crippen molar-refractivity contribution < 1.29 is 9.90 Å². The number of carbonyl (C=O) groups excluding carboxylic acids is 1. The van der Waals surface area contributed by atoms with Gasteiger partial charge in [0.05, 0.1) is 12.6 Å². The van der Waals surface area contributed by atoms with Crippen LogP contribution in [0.5, 0.6) is 0 Å². The third kappa shape index (κ3) is 2.26. The standard InChI is InChI=1S/C13H18N2O2/c1-9-7-10(4-5-12(9)14)13(17)15-6-2-3-11(15)8-16/h4-5,7,11,16H,2-3,6,8,14H2,1H3. The van der Waals surface area contributed by atoms with Crippen LogP contribution in [0.1, 0.15) is 28.8 Å². The van der Waals surface area contributed by atoms with E-state index in [1.54, 1.807) is 17.0 Å². The second-order valence-corrected chi connectivity index (χ2v) is 4.55. The average molecular weight is 234 g/mol. The molecule has 1 fully saturated rings. The Hall–Kier alpha value is -1.55. The lowest BCUT2D eigenvalue weighted by atomic mass is 10.1. The van der Waals surface area contributed by atoms with E-state index < -0.39 is 0 Å². The number of aryl methyl sites for hydroxylation is 1. The Morgan fingerprint density at radius 3 is 3.00 bits per heavy atom. The molecule has 1 amide bonds. The zero-order valence-electron chi connectivity index (χ0n) is 10.0. The fourth-order valence-electron chi connectivity index (χ4n) is 2.27. The van der Waals surface area contributed by atoms with Crippen molar-refractivity contribution in [3.05, 3.63) is 29.3 Å². The zero-order chi connectivity index (χ0) is 12.4. The van der Waals surface area contributed by atoms with Gasteiger partial charge in [-0.15, -0.1) is 0 Å². The van der Waals surface area contributed by atoms with E-state index in [9.17, 15) is 9.90 Å². The molecule has 17 heavy (non-hydrogen) atoms. The van der Waals surface area contributed by atoms with Crippen molar-refractivity contribution in [2.24, 2.45) is 0 Å². The highest BCUT2D eigenvalue weighted by Gasteiger charge is 2.28. The van der Waals surface area contributed by atoms with Crippen LogP contribution in [0.4, 0.5) is 5.69 Å². The van der Waals surface area contributed by atoms with E-state index in [-0.39, 0.29) is 18.6 Å². The number of aliphatic hydroxyl groups excluding tert-OH is 1. The molecule has 0 bridgehead atoms. The summed E-state index contributed by atoms with van der Waals surface area (Å²) < 4.78 is 0. The van der Waals surface area contributed by atoms with Gasteiger partial charge < -0.3 is 15.7 Å². The molecule has 0 saturated carbocycles. The molecule has 1 unspecified atom stereocenters. The molecule has 1 aromatic carbocycles. The van der Waals surface area contributed by atoms with Gasteiger partial charge in [0.2, 0.25) is 0 Å². The molecule has 1 atom stereocenters. The second-order valence-electron chi connectivity index (χ2n) is 4.55. The topological polar surface area (TPSA) is 66.6 Å². The Balaban J connectivity index is 2.21. The van der Waals surface area contributed by atoms with Gasteiger partial charge in [0, 0.05) is 17.8 Å². The third-order valence-electron chi connectivity index (χ3n) is 3.37. The second kappa shape index (κ2) is 4.75. The minimum Gasteiger partial charge on any atom is -0.399 e. The first kappa shape index (κ1) is 11.9. The lowest BCUT2D eigenvalue weighted by molar-refractivity contribution is 0.0677. The molecule has 2 rings (SSSR count). The molecule has 0 radical (unpaired) electrons. The van der Waals surface area contributed by atoms with E-state index >= 15 is 0 Å². The molecule has 4 heteroatoms. The van der Waals surface area contributed by atoms with Gasteiger partial charge in [-0.05, 0) is 43.5 Å². The summed E-state index contributed by atoms with van der Waals surface area (Å²) in [5.74, 6) is -0.00958. The van der Waals surface area contributed by atoms with Crippen LogP contribution >= 0.6 is 0 Å². The molecule has 1 heterocycles. The highest BCUT2D eigenvalue weighted by Crippen LogP contribution is 2.21. The Morgan fingerprint density at radius 1 is 1.59 bits per heavy atom. The number of hydrogen-bond donors (Lipinski definition) is 2. The molecule has 1 aliphatic rings. The number of nitrogen functional groups attached to an aromatic ring is 1. The SMILES string of the molecule is Cc1cc(C(=O)N2CCCC2CO)ccc1N. The number of amides is 1. The smallest absolute Gasteiger partial charge is 0.254 e. The maximum atomic E-state index is 12.3. The predicted octanol–water partition coefficient (Wildman–Crippen LogP) is 1.17. The number of nitrogens with zero attached hydrogens (tertiary/aromatic N) is 1. The number of rotatable bonds is 2. The van der Waals surface area contributed by atoms with E-state index in [0.717, 1.165) is 24.9 Å². The number of likely N-dealkylation sites (tertiary alicyclic amines) is 1. The molecule has 3 N–H and O–H groups in total. The van der Waals surface area contributed by atoms with Gasteiger partial charge in [-0.1, -0.05) is 0 Å². The third-order valence-corrected chi connectivity index (χ3v) is 3.37. The molecule has 1 saturated heterocycles. The first-order chi connectivity index (χ1) is 8.13. The van der Waals surface area contributed by atoms with E-state index in [1.807, 2.05) is 13.0 Å². The maximum absolute atomic E-state index is 12.3. The van der Waals surface area contributed by atoms with E-state index in [1.165, 1.54) is 0 Å². The molecular formula is C13H18N2O2. The fourth-order valence-corrected chi connectivity index (χ4v) is 2.27. The van der Waals surface area contributed by atoms with Gasteiger partial charge >= 0.3 is 0 Å². The van der Waals surface area contributed by atoms with Gasteiger partial charge in [-0.3, -0.25) is 4.79 Å². The number of anilines is 1. The Morgan fingerprint density at radius 2 is 2.35 bits per heavy atom. The summed E-state index contributed by atoms with van der Waals surface area (Å²) in [4.78, 5) is 14.0. The summed E-state index contributed by atoms with van der Waals surface area (Å²) >= 11 is 0. The summed E-state index contributed by atoms with van der Waals surface area (Å²) in [5.41, 5.74) is 7.99. The van der Waals surface area contributed by atoms with E-state index in [2.05, 4.69) is 0 Å².